The Morgan fingerprint density at radius 1 is 1.42 bits per heavy atom. The molecule has 1 aliphatic carbocycles. The monoisotopic (exact) mass is 185 g/mol. The van der Waals surface area contributed by atoms with Crippen LogP contribution in [-0.4, -0.2) is 23.6 Å². The van der Waals surface area contributed by atoms with Crippen molar-refractivity contribution < 1.29 is 0 Å². The molecule has 1 aliphatic heterocycles. The molecule has 2 rings (SSSR count). The van der Waals surface area contributed by atoms with Crippen LogP contribution in [0.25, 0.3) is 0 Å². The molecular formula is C10H19NS. The van der Waals surface area contributed by atoms with Crippen LogP contribution in [0.5, 0.6) is 0 Å². The van der Waals surface area contributed by atoms with Crippen molar-refractivity contribution >= 4 is 11.8 Å². The van der Waals surface area contributed by atoms with E-state index in [1.807, 2.05) is 0 Å². The van der Waals surface area contributed by atoms with Crippen LogP contribution in [0.3, 0.4) is 0 Å². The molecule has 1 saturated carbocycles. The van der Waals surface area contributed by atoms with Gasteiger partial charge in [0.15, 0.2) is 0 Å². The van der Waals surface area contributed by atoms with Gasteiger partial charge in [0, 0.05) is 17.0 Å². The Hall–Kier alpha value is 0.310. The van der Waals surface area contributed by atoms with E-state index < -0.39 is 0 Å². The van der Waals surface area contributed by atoms with Crippen molar-refractivity contribution in [1.82, 2.24) is 5.32 Å². The molecule has 2 heteroatoms. The second-order valence-corrected chi connectivity index (χ2v) is 5.75. The molecule has 1 saturated heterocycles. The third kappa shape index (κ3) is 2.17. The van der Waals surface area contributed by atoms with Crippen LogP contribution in [0.2, 0.25) is 0 Å². The first-order chi connectivity index (χ1) is 5.84. The van der Waals surface area contributed by atoms with Gasteiger partial charge in [-0.2, -0.15) is 11.8 Å². The Bertz CT molecular complexity index is 145. The van der Waals surface area contributed by atoms with Crippen LogP contribution >= 0.6 is 11.8 Å². The van der Waals surface area contributed by atoms with E-state index in [-0.39, 0.29) is 0 Å². The average molecular weight is 185 g/mol. The van der Waals surface area contributed by atoms with Gasteiger partial charge in [0.2, 0.25) is 0 Å². The predicted molar refractivity (Wildman–Crippen MR) is 55.7 cm³/mol. The van der Waals surface area contributed by atoms with Gasteiger partial charge in [0.25, 0.3) is 0 Å². The van der Waals surface area contributed by atoms with Crippen molar-refractivity contribution in [2.45, 2.75) is 43.9 Å². The molecule has 0 bridgehead atoms. The minimum Gasteiger partial charge on any atom is -0.313 e. The van der Waals surface area contributed by atoms with Crippen molar-refractivity contribution in [3.05, 3.63) is 0 Å². The summed E-state index contributed by atoms with van der Waals surface area (Å²) in [7, 11) is 0. The zero-order chi connectivity index (χ0) is 8.39. The molecule has 0 aromatic rings. The van der Waals surface area contributed by atoms with Crippen LogP contribution in [0.4, 0.5) is 0 Å². The van der Waals surface area contributed by atoms with Gasteiger partial charge in [0.1, 0.15) is 0 Å². The highest BCUT2D eigenvalue weighted by Crippen LogP contribution is 2.28. The van der Waals surface area contributed by atoms with Gasteiger partial charge in [-0.25, -0.2) is 0 Å². The standard InChI is InChI=1S/C10H19NS/c1-8-5-10(7-12-8)11-6-9-3-2-4-9/h8-11H,2-7H2,1H3. The number of hydrogen-bond donors (Lipinski definition) is 1. The molecule has 0 aromatic heterocycles. The maximum atomic E-state index is 3.69. The summed E-state index contributed by atoms with van der Waals surface area (Å²) in [6.45, 7) is 3.63. The van der Waals surface area contributed by atoms with Gasteiger partial charge in [-0.3, -0.25) is 0 Å². The Kier molecular flexibility index (Phi) is 2.97. The van der Waals surface area contributed by atoms with Gasteiger partial charge >= 0.3 is 0 Å². The molecule has 0 spiro atoms. The highest BCUT2D eigenvalue weighted by molar-refractivity contribution is 8.00. The largest absolute Gasteiger partial charge is 0.313 e. The second kappa shape index (κ2) is 4.01. The van der Waals surface area contributed by atoms with Crippen molar-refractivity contribution in [3.8, 4) is 0 Å². The Morgan fingerprint density at radius 3 is 2.75 bits per heavy atom. The maximum absolute atomic E-state index is 3.69. The number of nitrogens with one attached hydrogen (secondary N) is 1. The normalized spacial score (nSPS) is 36.8. The van der Waals surface area contributed by atoms with Gasteiger partial charge in [-0.05, 0) is 31.7 Å². The summed E-state index contributed by atoms with van der Waals surface area (Å²) in [5.74, 6) is 2.36. The molecule has 0 aromatic carbocycles. The maximum Gasteiger partial charge on any atom is 0.0168 e. The fourth-order valence-corrected chi connectivity index (χ4v) is 3.17. The molecule has 2 fully saturated rings. The molecule has 12 heavy (non-hydrogen) atoms. The predicted octanol–water partition coefficient (Wildman–Crippen LogP) is 2.27. The van der Waals surface area contributed by atoms with E-state index in [1.165, 1.54) is 38.0 Å². The number of thioether (sulfide) groups is 1. The van der Waals surface area contributed by atoms with Crippen molar-refractivity contribution in [2.75, 3.05) is 12.3 Å². The lowest BCUT2D eigenvalue weighted by Crippen LogP contribution is -2.35. The van der Waals surface area contributed by atoms with Crippen LogP contribution in [0.1, 0.15) is 32.6 Å². The Morgan fingerprint density at radius 2 is 2.25 bits per heavy atom. The first kappa shape index (κ1) is 8.89. The van der Waals surface area contributed by atoms with Crippen molar-refractivity contribution in [3.63, 3.8) is 0 Å². The van der Waals surface area contributed by atoms with Gasteiger partial charge in [-0.15, -0.1) is 0 Å². The van der Waals surface area contributed by atoms with E-state index >= 15 is 0 Å². The minimum absolute atomic E-state index is 0.825. The molecule has 2 aliphatic rings. The minimum atomic E-state index is 0.825. The van der Waals surface area contributed by atoms with Crippen molar-refractivity contribution in [1.29, 1.82) is 0 Å². The zero-order valence-electron chi connectivity index (χ0n) is 7.88. The lowest BCUT2D eigenvalue weighted by atomic mass is 9.85. The number of rotatable bonds is 3. The van der Waals surface area contributed by atoms with Crippen LogP contribution in [-0.2, 0) is 0 Å². The zero-order valence-corrected chi connectivity index (χ0v) is 8.70. The summed E-state index contributed by atoms with van der Waals surface area (Å²) in [5.41, 5.74) is 0. The molecule has 0 radical (unpaired) electrons. The SMILES string of the molecule is CC1CC(NCC2CCC2)CS1. The molecular weight excluding hydrogens is 166 g/mol. The third-order valence-electron chi connectivity index (χ3n) is 3.12. The molecule has 0 amide bonds. The van der Waals surface area contributed by atoms with Crippen LogP contribution < -0.4 is 5.32 Å². The molecule has 1 nitrogen and oxygen atoms in total. The highest BCUT2D eigenvalue weighted by Gasteiger charge is 2.23. The van der Waals surface area contributed by atoms with Crippen LogP contribution in [0, 0.1) is 5.92 Å². The van der Waals surface area contributed by atoms with E-state index in [2.05, 4.69) is 24.0 Å². The van der Waals surface area contributed by atoms with Gasteiger partial charge < -0.3 is 5.32 Å². The molecule has 1 N–H and O–H groups in total. The smallest absolute Gasteiger partial charge is 0.0168 e. The molecule has 70 valence electrons. The molecule has 1 heterocycles. The Labute approximate surface area is 79.7 Å². The summed E-state index contributed by atoms with van der Waals surface area (Å²) in [6, 6.07) is 0.825. The molecule has 2 atom stereocenters. The van der Waals surface area contributed by atoms with E-state index in [0.29, 0.717) is 0 Å². The summed E-state index contributed by atoms with van der Waals surface area (Å²) >= 11 is 2.12. The second-order valence-electron chi connectivity index (χ2n) is 4.28. The highest BCUT2D eigenvalue weighted by atomic mass is 32.2. The Balaban J connectivity index is 1.60. The number of hydrogen-bond acceptors (Lipinski definition) is 2. The van der Waals surface area contributed by atoms with E-state index in [0.717, 1.165) is 17.2 Å². The van der Waals surface area contributed by atoms with E-state index in [1.54, 1.807) is 0 Å². The fraction of sp³-hybridized carbons (Fsp3) is 1.00. The lowest BCUT2D eigenvalue weighted by molar-refractivity contribution is 0.291. The average Bonchev–Trinajstić information content (AvgIpc) is 2.32. The summed E-state index contributed by atoms with van der Waals surface area (Å²) in [4.78, 5) is 0. The van der Waals surface area contributed by atoms with Crippen LogP contribution in [0.15, 0.2) is 0 Å². The first-order valence-corrected chi connectivity index (χ1v) is 6.24. The third-order valence-corrected chi connectivity index (χ3v) is 4.47. The molecule has 2 unspecified atom stereocenters. The summed E-state index contributed by atoms with van der Waals surface area (Å²) in [6.07, 6.45) is 5.81. The fourth-order valence-electron chi connectivity index (χ4n) is 1.99. The van der Waals surface area contributed by atoms with Crippen molar-refractivity contribution in [2.24, 2.45) is 5.92 Å². The summed E-state index contributed by atoms with van der Waals surface area (Å²) < 4.78 is 0. The quantitative estimate of drug-likeness (QED) is 0.724. The van der Waals surface area contributed by atoms with Gasteiger partial charge in [-0.1, -0.05) is 13.3 Å². The first-order valence-electron chi connectivity index (χ1n) is 5.19. The van der Waals surface area contributed by atoms with E-state index in [4.69, 9.17) is 0 Å². The summed E-state index contributed by atoms with van der Waals surface area (Å²) in [5, 5.41) is 4.59. The van der Waals surface area contributed by atoms with Gasteiger partial charge in [0.05, 0.1) is 0 Å². The van der Waals surface area contributed by atoms with E-state index in [9.17, 15) is 0 Å². The lowest BCUT2D eigenvalue weighted by Gasteiger charge is -2.27. The topological polar surface area (TPSA) is 12.0 Å².